The Hall–Kier alpha value is -1.65. The lowest BCUT2D eigenvalue weighted by Crippen LogP contribution is -2.43. The second kappa shape index (κ2) is 7.38. The maximum absolute atomic E-state index is 12.6. The van der Waals surface area contributed by atoms with Gasteiger partial charge in [0.05, 0.1) is 12.4 Å². The summed E-state index contributed by atoms with van der Waals surface area (Å²) < 4.78 is 0. The number of nitrogens with one attached hydrogen (secondary N) is 1. The van der Waals surface area contributed by atoms with E-state index in [9.17, 15) is 4.79 Å². The SMILES string of the molecule is CCC(C)Nc1cnc(C(=O)N2CCCCC2CC)cn1. The molecule has 2 rings (SSSR count). The van der Waals surface area contributed by atoms with Gasteiger partial charge < -0.3 is 10.2 Å². The van der Waals surface area contributed by atoms with Gasteiger partial charge in [0.15, 0.2) is 0 Å². The Balaban J connectivity index is 2.05. The van der Waals surface area contributed by atoms with E-state index >= 15 is 0 Å². The fraction of sp³-hybridized carbons (Fsp3) is 0.688. The van der Waals surface area contributed by atoms with Crippen molar-refractivity contribution in [1.29, 1.82) is 0 Å². The first-order valence-corrected chi connectivity index (χ1v) is 8.05. The highest BCUT2D eigenvalue weighted by Gasteiger charge is 2.27. The number of carbonyl (C=O) groups is 1. The van der Waals surface area contributed by atoms with Crippen molar-refractivity contribution in [3.05, 3.63) is 18.1 Å². The first-order valence-electron chi connectivity index (χ1n) is 8.05. The zero-order valence-corrected chi connectivity index (χ0v) is 13.3. The molecule has 1 amide bonds. The average molecular weight is 290 g/mol. The minimum absolute atomic E-state index is 0.0177. The molecular formula is C16H26N4O. The number of piperidine rings is 1. The van der Waals surface area contributed by atoms with Gasteiger partial charge in [0.2, 0.25) is 0 Å². The van der Waals surface area contributed by atoms with Crippen LogP contribution in [0, 0.1) is 0 Å². The molecule has 0 spiro atoms. The van der Waals surface area contributed by atoms with E-state index in [1.165, 1.54) is 6.42 Å². The highest BCUT2D eigenvalue weighted by molar-refractivity contribution is 5.92. The van der Waals surface area contributed by atoms with Gasteiger partial charge >= 0.3 is 0 Å². The average Bonchev–Trinajstić information content (AvgIpc) is 2.54. The number of likely N-dealkylation sites (tertiary alicyclic amines) is 1. The van der Waals surface area contributed by atoms with Crippen molar-refractivity contribution >= 4 is 11.7 Å². The zero-order valence-electron chi connectivity index (χ0n) is 13.3. The van der Waals surface area contributed by atoms with Crippen LogP contribution in [0.15, 0.2) is 12.4 Å². The topological polar surface area (TPSA) is 58.1 Å². The second-order valence-electron chi connectivity index (χ2n) is 5.80. The highest BCUT2D eigenvalue weighted by Crippen LogP contribution is 2.21. The van der Waals surface area contributed by atoms with Crippen molar-refractivity contribution in [2.24, 2.45) is 0 Å². The minimum Gasteiger partial charge on any atom is -0.366 e. The van der Waals surface area contributed by atoms with Crippen LogP contribution in [-0.4, -0.2) is 39.4 Å². The number of aromatic nitrogens is 2. The van der Waals surface area contributed by atoms with Gasteiger partial charge in [-0.3, -0.25) is 4.79 Å². The Labute approximate surface area is 127 Å². The van der Waals surface area contributed by atoms with Gasteiger partial charge in [-0.1, -0.05) is 13.8 Å². The second-order valence-corrected chi connectivity index (χ2v) is 5.80. The van der Waals surface area contributed by atoms with Gasteiger partial charge in [-0.15, -0.1) is 0 Å². The molecule has 0 aromatic carbocycles. The molecule has 1 aromatic rings. The molecule has 1 fully saturated rings. The van der Waals surface area contributed by atoms with Crippen LogP contribution in [0.4, 0.5) is 5.82 Å². The molecule has 1 saturated heterocycles. The summed E-state index contributed by atoms with van der Waals surface area (Å²) in [7, 11) is 0. The van der Waals surface area contributed by atoms with E-state index in [4.69, 9.17) is 0 Å². The van der Waals surface area contributed by atoms with Crippen LogP contribution >= 0.6 is 0 Å². The molecule has 2 unspecified atom stereocenters. The summed E-state index contributed by atoms with van der Waals surface area (Å²) >= 11 is 0. The molecule has 1 aliphatic rings. The highest BCUT2D eigenvalue weighted by atomic mass is 16.2. The predicted molar refractivity (Wildman–Crippen MR) is 84.4 cm³/mol. The molecule has 5 nitrogen and oxygen atoms in total. The number of carbonyl (C=O) groups excluding carboxylic acids is 1. The Morgan fingerprint density at radius 3 is 2.81 bits per heavy atom. The van der Waals surface area contributed by atoms with Crippen LogP contribution in [0.3, 0.4) is 0 Å². The van der Waals surface area contributed by atoms with E-state index in [-0.39, 0.29) is 5.91 Å². The lowest BCUT2D eigenvalue weighted by molar-refractivity contribution is 0.0601. The van der Waals surface area contributed by atoms with E-state index < -0.39 is 0 Å². The van der Waals surface area contributed by atoms with Crippen molar-refractivity contribution in [3.63, 3.8) is 0 Å². The zero-order chi connectivity index (χ0) is 15.2. The Kier molecular flexibility index (Phi) is 5.53. The van der Waals surface area contributed by atoms with Crippen LogP contribution in [0.2, 0.25) is 0 Å². The molecule has 0 aliphatic carbocycles. The minimum atomic E-state index is 0.0177. The van der Waals surface area contributed by atoms with Crippen molar-refractivity contribution in [2.75, 3.05) is 11.9 Å². The first-order chi connectivity index (χ1) is 10.2. The van der Waals surface area contributed by atoms with Crippen molar-refractivity contribution in [3.8, 4) is 0 Å². The standard InChI is InChI=1S/C16H26N4O/c1-4-12(3)19-15-11-17-14(10-18-15)16(21)20-9-7-6-8-13(20)5-2/h10-13H,4-9H2,1-3H3,(H,18,19). The molecule has 1 aromatic heterocycles. The molecular weight excluding hydrogens is 264 g/mol. The van der Waals surface area contributed by atoms with Gasteiger partial charge in [0.25, 0.3) is 5.91 Å². The van der Waals surface area contributed by atoms with E-state index in [0.29, 0.717) is 17.8 Å². The summed E-state index contributed by atoms with van der Waals surface area (Å²) in [5.41, 5.74) is 0.449. The van der Waals surface area contributed by atoms with E-state index in [1.54, 1.807) is 12.4 Å². The number of nitrogens with zero attached hydrogens (tertiary/aromatic N) is 3. The number of rotatable bonds is 5. The molecule has 2 heterocycles. The third-order valence-electron chi connectivity index (χ3n) is 4.24. The van der Waals surface area contributed by atoms with Crippen molar-refractivity contribution in [1.82, 2.24) is 14.9 Å². The predicted octanol–water partition coefficient (Wildman–Crippen LogP) is 3.09. The van der Waals surface area contributed by atoms with E-state index in [0.717, 1.165) is 38.0 Å². The normalized spacial score (nSPS) is 20.1. The summed E-state index contributed by atoms with van der Waals surface area (Å²) in [6.07, 6.45) is 8.68. The van der Waals surface area contributed by atoms with Gasteiger partial charge in [-0.25, -0.2) is 9.97 Å². The van der Waals surface area contributed by atoms with E-state index in [2.05, 4.69) is 36.1 Å². The van der Waals surface area contributed by atoms with Crippen LogP contribution < -0.4 is 5.32 Å². The third kappa shape index (κ3) is 3.93. The molecule has 1 N–H and O–H groups in total. The number of hydrogen-bond acceptors (Lipinski definition) is 4. The van der Waals surface area contributed by atoms with Crippen LogP contribution in [0.1, 0.15) is 63.4 Å². The quantitative estimate of drug-likeness (QED) is 0.905. The maximum Gasteiger partial charge on any atom is 0.274 e. The monoisotopic (exact) mass is 290 g/mol. The Bertz CT molecular complexity index is 460. The van der Waals surface area contributed by atoms with Crippen molar-refractivity contribution in [2.45, 2.75) is 65.0 Å². The summed E-state index contributed by atoms with van der Waals surface area (Å²) in [6, 6.07) is 0.707. The fourth-order valence-corrected chi connectivity index (χ4v) is 2.71. The third-order valence-corrected chi connectivity index (χ3v) is 4.24. The first kappa shape index (κ1) is 15.7. The molecule has 0 radical (unpaired) electrons. The molecule has 21 heavy (non-hydrogen) atoms. The van der Waals surface area contributed by atoms with Gasteiger partial charge in [0.1, 0.15) is 11.5 Å². The van der Waals surface area contributed by atoms with Gasteiger partial charge in [-0.2, -0.15) is 0 Å². The molecule has 5 heteroatoms. The lowest BCUT2D eigenvalue weighted by atomic mass is 10.00. The summed E-state index contributed by atoms with van der Waals surface area (Å²) in [4.78, 5) is 23.1. The van der Waals surface area contributed by atoms with Gasteiger partial charge in [0, 0.05) is 18.6 Å². The van der Waals surface area contributed by atoms with Crippen molar-refractivity contribution < 1.29 is 4.79 Å². The van der Waals surface area contributed by atoms with Gasteiger partial charge in [-0.05, 0) is 39.0 Å². The summed E-state index contributed by atoms with van der Waals surface area (Å²) in [5, 5.41) is 3.26. The molecule has 116 valence electrons. The smallest absolute Gasteiger partial charge is 0.274 e. The Morgan fingerprint density at radius 2 is 2.19 bits per heavy atom. The molecule has 2 atom stereocenters. The Morgan fingerprint density at radius 1 is 1.38 bits per heavy atom. The van der Waals surface area contributed by atoms with Crippen LogP contribution in [0.5, 0.6) is 0 Å². The largest absolute Gasteiger partial charge is 0.366 e. The number of hydrogen-bond donors (Lipinski definition) is 1. The maximum atomic E-state index is 12.6. The lowest BCUT2D eigenvalue weighted by Gasteiger charge is -2.34. The summed E-state index contributed by atoms with van der Waals surface area (Å²) in [5.74, 6) is 0.746. The van der Waals surface area contributed by atoms with Crippen LogP contribution in [0.25, 0.3) is 0 Å². The molecule has 0 saturated carbocycles. The molecule has 1 aliphatic heterocycles. The number of amides is 1. The van der Waals surface area contributed by atoms with E-state index in [1.807, 2.05) is 4.90 Å². The van der Waals surface area contributed by atoms with Crippen LogP contribution in [-0.2, 0) is 0 Å². The number of anilines is 1. The summed E-state index contributed by atoms with van der Waals surface area (Å²) in [6.45, 7) is 7.19. The molecule has 0 bridgehead atoms. The fourth-order valence-electron chi connectivity index (χ4n) is 2.71.